The summed E-state index contributed by atoms with van der Waals surface area (Å²) in [6.07, 6.45) is 0. The van der Waals surface area contributed by atoms with Gasteiger partial charge in [-0.05, 0) is 12.1 Å². The molecule has 0 spiro atoms. The standard InChI is InChI=1S/C15H13N5/c16-10-6-13-14(7-11(10)17)20-15(18-13)8-12(19-20)9-4-2-1-3-5-9/h1-8,18H,16-17H2. The fraction of sp³-hybridized carbons (Fsp3) is 0. The fourth-order valence-corrected chi connectivity index (χ4v) is 2.44. The number of nitrogens with one attached hydrogen (secondary N) is 1. The van der Waals surface area contributed by atoms with E-state index in [4.69, 9.17) is 11.5 Å². The highest BCUT2D eigenvalue weighted by Crippen LogP contribution is 2.27. The number of hydrogen-bond donors (Lipinski definition) is 3. The number of hydrogen-bond acceptors (Lipinski definition) is 3. The molecule has 2 heterocycles. The Bertz CT molecular complexity index is 918. The van der Waals surface area contributed by atoms with Crippen LogP contribution in [-0.4, -0.2) is 14.6 Å². The van der Waals surface area contributed by atoms with Gasteiger partial charge in [-0.15, -0.1) is 0 Å². The third-order valence-corrected chi connectivity index (χ3v) is 3.47. The molecule has 0 fully saturated rings. The molecule has 0 amide bonds. The molecule has 0 saturated heterocycles. The van der Waals surface area contributed by atoms with Crippen molar-refractivity contribution >= 4 is 28.1 Å². The summed E-state index contributed by atoms with van der Waals surface area (Å²) in [5.74, 6) is 0. The summed E-state index contributed by atoms with van der Waals surface area (Å²) in [5, 5.41) is 4.63. The Morgan fingerprint density at radius 2 is 1.70 bits per heavy atom. The van der Waals surface area contributed by atoms with Crippen LogP contribution in [0.3, 0.4) is 0 Å². The fourth-order valence-electron chi connectivity index (χ4n) is 2.44. The van der Waals surface area contributed by atoms with Crippen LogP contribution in [-0.2, 0) is 0 Å². The minimum absolute atomic E-state index is 0.565. The highest BCUT2D eigenvalue weighted by Gasteiger charge is 2.10. The van der Waals surface area contributed by atoms with E-state index in [0.717, 1.165) is 27.9 Å². The number of H-pyrrole nitrogens is 1. The molecule has 4 aromatic rings. The van der Waals surface area contributed by atoms with E-state index in [9.17, 15) is 0 Å². The number of aromatic amines is 1. The Kier molecular flexibility index (Phi) is 2.06. The van der Waals surface area contributed by atoms with Crippen LogP contribution in [0.4, 0.5) is 11.4 Å². The molecule has 0 aliphatic heterocycles. The molecule has 0 aliphatic rings. The molecule has 5 N–H and O–H groups in total. The normalized spacial score (nSPS) is 11.4. The summed E-state index contributed by atoms with van der Waals surface area (Å²) < 4.78 is 1.85. The molecular formula is C15H13N5. The minimum atomic E-state index is 0.565. The van der Waals surface area contributed by atoms with Crippen molar-refractivity contribution in [1.82, 2.24) is 14.6 Å². The molecule has 5 nitrogen and oxygen atoms in total. The van der Waals surface area contributed by atoms with Crippen LogP contribution in [0.2, 0.25) is 0 Å². The van der Waals surface area contributed by atoms with Crippen molar-refractivity contribution in [2.75, 3.05) is 11.5 Å². The molecule has 0 bridgehead atoms. The summed E-state index contributed by atoms with van der Waals surface area (Å²) in [6, 6.07) is 15.8. The molecular weight excluding hydrogens is 250 g/mol. The number of nitrogen functional groups attached to an aromatic ring is 2. The largest absolute Gasteiger partial charge is 0.397 e. The van der Waals surface area contributed by atoms with Gasteiger partial charge in [-0.3, -0.25) is 0 Å². The Morgan fingerprint density at radius 1 is 0.950 bits per heavy atom. The lowest BCUT2D eigenvalue weighted by Gasteiger charge is -1.99. The van der Waals surface area contributed by atoms with Crippen molar-refractivity contribution in [2.45, 2.75) is 0 Å². The lowest BCUT2D eigenvalue weighted by Crippen LogP contribution is -1.95. The summed E-state index contributed by atoms with van der Waals surface area (Å²) in [6.45, 7) is 0. The number of imidazole rings is 1. The number of nitrogens with zero attached hydrogens (tertiary/aromatic N) is 2. The van der Waals surface area contributed by atoms with E-state index in [0.29, 0.717) is 11.4 Å². The van der Waals surface area contributed by atoms with Gasteiger partial charge in [-0.1, -0.05) is 30.3 Å². The van der Waals surface area contributed by atoms with Gasteiger partial charge in [0.2, 0.25) is 0 Å². The van der Waals surface area contributed by atoms with E-state index < -0.39 is 0 Å². The van der Waals surface area contributed by atoms with Gasteiger partial charge < -0.3 is 16.5 Å². The van der Waals surface area contributed by atoms with Gasteiger partial charge in [0.25, 0.3) is 0 Å². The molecule has 0 saturated carbocycles. The minimum Gasteiger partial charge on any atom is -0.397 e. The summed E-state index contributed by atoms with van der Waals surface area (Å²) >= 11 is 0. The van der Waals surface area contributed by atoms with Gasteiger partial charge in [-0.2, -0.15) is 5.10 Å². The molecule has 2 aromatic heterocycles. The monoisotopic (exact) mass is 263 g/mol. The maximum absolute atomic E-state index is 5.87. The van der Waals surface area contributed by atoms with Gasteiger partial charge in [0.15, 0.2) is 0 Å². The topological polar surface area (TPSA) is 85.1 Å². The van der Waals surface area contributed by atoms with Gasteiger partial charge in [0, 0.05) is 11.6 Å². The second kappa shape index (κ2) is 3.77. The predicted octanol–water partition coefficient (Wildman–Crippen LogP) is 2.65. The number of anilines is 2. The molecule has 0 radical (unpaired) electrons. The molecule has 5 heteroatoms. The number of nitrogens with two attached hydrogens (primary N) is 2. The van der Waals surface area contributed by atoms with E-state index in [1.54, 1.807) is 0 Å². The molecule has 20 heavy (non-hydrogen) atoms. The molecule has 4 rings (SSSR count). The van der Waals surface area contributed by atoms with Gasteiger partial charge in [-0.25, -0.2) is 4.52 Å². The van der Waals surface area contributed by atoms with Crippen molar-refractivity contribution in [3.63, 3.8) is 0 Å². The van der Waals surface area contributed by atoms with Crippen LogP contribution in [0.5, 0.6) is 0 Å². The zero-order chi connectivity index (χ0) is 13.7. The van der Waals surface area contributed by atoms with E-state index in [2.05, 4.69) is 10.1 Å². The number of aromatic nitrogens is 3. The van der Waals surface area contributed by atoms with Crippen molar-refractivity contribution in [3.8, 4) is 11.3 Å². The molecule has 0 aliphatic carbocycles. The highest BCUT2D eigenvalue weighted by atomic mass is 15.3. The molecule has 0 atom stereocenters. The Morgan fingerprint density at radius 3 is 2.50 bits per heavy atom. The lowest BCUT2D eigenvalue weighted by atomic mass is 10.2. The Labute approximate surface area is 114 Å². The smallest absolute Gasteiger partial charge is 0.134 e. The second-order valence-corrected chi connectivity index (χ2v) is 4.82. The first-order valence-electron chi connectivity index (χ1n) is 6.34. The van der Waals surface area contributed by atoms with Crippen molar-refractivity contribution < 1.29 is 0 Å². The van der Waals surface area contributed by atoms with Gasteiger partial charge >= 0.3 is 0 Å². The number of benzene rings is 2. The van der Waals surface area contributed by atoms with E-state index in [1.807, 2.05) is 53.0 Å². The van der Waals surface area contributed by atoms with Gasteiger partial charge in [0.05, 0.1) is 28.1 Å². The maximum Gasteiger partial charge on any atom is 0.134 e. The molecule has 0 unspecified atom stereocenters. The zero-order valence-electron chi connectivity index (χ0n) is 10.7. The van der Waals surface area contributed by atoms with Gasteiger partial charge in [0.1, 0.15) is 5.65 Å². The van der Waals surface area contributed by atoms with Crippen LogP contribution < -0.4 is 11.5 Å². The third kappa shape index (κ3) is 1.46. The SMILES string of the molecule is Nc1cc2[nH]c3cc(-c4ccccc4)nn3c2cc1N. The highest BCUT2D eigenvalue weighted by molar-refractivity contribution is 5.89. The molecule has 98 valence electrons. The maximum atomic E-state index is 5.87. The average molecular weight is 263 g/mol. The van der Waals surface area contributed by atoms with Crippen LogP contribution in [0, 0.1) is 0 Å². The van der Waals surface area contributed by atoms with E-state index >= 15 is 0 Å². The van der Waals surface area contributed by atoms with Crippen LogP contribution >= 0.6 is 0 Å². The summed E-state index contributed by atoms with van der Waals surface area (Å²) in [5.41, 5.74) is 17.6. The average Bonchev–Trinajstić information content (AvgIpc) is 2.99. The van der Waals surface area contributed by atoms with E-state index in [-0.39, 0.29) is 0 Å². The first-order valence-corrected chi connectivity index (χ1v) is 6.34. The lowest BCUT2D eigenvalue weighted by molar-refractivity contribution is 1.01. The van der Waals surface area contributed by atoms with Crippen LogP contribution in [0.1, 0.15) is 0 Å². The molecule has 2 aromatic carbocycles. The Hall–Kier alpha value is -2.95. The van der Waals surface area contributed by atoms with Crippen molar-refractivity contribution in [2.24, 2.45) is 0 Å². The van der Waals surface area contributed by atoms with Crippen molar-refractivity contribution in [3.05, 3.63) is 48.5 Å². The van der Waals surface area contributed by atoms with Crippen molar-refractivity contribution in [1.29, 1.82) is 0 Å². The first kappa shape index (κ1) is 10.9. The van der Waals surface area contributed by atoms with Crippen LogP contribution in [0.15, 0.2) is 48.5 Å². The van der Waals surface area contributed by atoms with Crippen LogP contribution in [0.25, 0.3) is 27.9 Å². The first-order chi connectivity index (χ1) is 9.72. The second-order valence-electron chi connectivity index (χ2n) is 4.82. The number of fused-ring (bicyclic) bond motifs is 3. The Balaban J connectivity index is 1.99. The third-order valence-electron chi connectivity index (χ3n) is 3.47. The predicted molar refractivity (Wildman–Crippen MR) is 81.3 cm³/mol. The summed E-state index contributed by atoms with van der Waals surface area (Å²) in [4.78, 5) is 3.30. The quantitative estimate of drug-likeness (QED) is 0.461. The zero-order valence-corrected chi connectivity index (χ0v) is 10.7. The van der Waals surface area contributed by atoms with E-state index in [1.165, 1.54) is 0 Å². The summed E-state index contributed by atoms with van der Waals surface area (Å²) in [7, 11) is 0. The number of rotatable bonds is 1.